The van der Waals surface area contributed by atoms with Gasteiger partial charge < -0.3 is 13.9 Å². The van der Waals surface area contributed by atoms with Crippen LogP contribution >= 0.6 is 11.3 Å². The normalized spacial score (nSPS) is 10.9. The first-order chi connectivity index (χ1) is 11.0. The molecular formula is C18H20N2O2S. The third-order valence-corrected chi connectivity index (χ3v) is 4.75. The first-order valence-electron chi connectivity index (χ1n) is 7.53. The lowest BCUT2D eigenvalue weighted by atomic mass is 10.2. The fourth-order valence-electron chi connectivity index (χ4n) is 2.66. The summed E-state index contributed by atoms with van der Waals surface area (Å²) in [6.45, 7) is 4.88. The van der Waals surface area contributed by atoms with E-state index < -0.39 is 0 Å². The summed E-state index contributed by atoms with van der Waals surface area (Å²) in [6.07, 6.45) is 2.00. The van der Waals surface area contributed by atoms with Crippen molar-refractivity contribution in [2.24, 2.45) is 7.05 Å². The largest absolute Gasteiger partial charge is 0.466 e. The summed E-state index contributed by atoms with van der Waals surface area (Å²) in [4.78, 5) is 16.0. The Morgan fingerprint density at radius 2 is 2.09 bits per heavy atom. The van der Waals surface area contributed by atoms with Crippen molar-refractivity contribution in [3.05, 3.63) is 69.6 Å². The topological polar surface area (TPSA) is 38.4 Å². The molecule has 3 rings (SSSR count). The van der Waals surface area contributed by atoms with Crippen LogP contribution < -0.4 is 0 Å². The van der Waals surface area contributed by atoms with Crippen molar-refractivity contribution in [3.8, 4) is 0 Å². The third-order valence-electron chi connectivity index (χ3n) is 3.89. The minimum Gasteiger partial charge on any atom is -0.466 e. The van der Waals surface area contributed by atoms with Crippen LogP contribution in [0.25, 0.3) is 0 Å². The number of carbonyl (C=O) groups is 1. The average molecular weight is 328 g/mol. The second kappa shape index (κ2) is 6.46. The summed E-state index contributed by atoms with van der Waals surface area (Å²) in [6, 6.07) is 9.93. The molecule has 0 aliphatic heterocycles. The first kappa shape index (κ1) is 15.6. The Labute approximate surface area is 140 Å². The SMILES string of the molecule is Cc1cc(C(=O)N(Cc2cccs2)Cc2cccn2C)c(C)o1. The van der Waals surface area contributed by atoms with E-state index in [4.69, 9.17) is 4.42 Å². The molecule has 0 bridgehead atoms. The van der Waals surface area contributed by atoms with Gasteiger partial charge in [-0.1, -0.05) is 6.07 Å². The number of nitrogens with zero attached hydrogens (tertiary/aromatic N) is 2. The zero-order chi connectivity index (χ0) is 16.4. The van der Waals surface area contributed by atoms with E-state index >= 15 is 0 Å². The molecule has 3 aromatic heterocycles. The molecule has 0 atom stereocenters. The van der Waals surface area contributed by atoms with Gasteiger partial charge in [-0.15, -0.1) is 11.3 Å². The van der Waals surface area contributed by atoms with E-state index in [2.05, 4.69) is 6.07 Å². The lowest BCUT2D eigenvalue weighted by Crippen LogP contribution is -2.30. The van der Waals surface area contributed by atoms with E-state index in [0.717, 1.165) is 11.5 Å². The van der Waals surface area contributed by atoms with E-state index in [0.29, 0.717) is 24.4 Å². The van der Waals surface area contributed by atoms with Gasteiger partial charge in [0.15, 0.2) is 0 Å². The van der Waals surface area contributed by atoms with Crippen LogP contribution in [-0.2, 0) is 20.1 Å². The highest BCUT2D eigenvalue weighted by atomic mass is 32.1. The lowest BCUT2D eigenvalue weighted by molar-refractivity contribution is 0.0726. The molecule has 120 valence electrons. The smallest absolute Gasteiger partial charge is 0.258 e. The van der Waals surface area contributed by atoms with Crippen LogP contribution in [0.15, 0.2) is 46.3 Å². The molecule has 0 unspecified atom stereocenters. The summed E-state index contributed by atoms with van der Waals surface area (Å²) < 4.78 is 7.57. The summed E-state index contributed by atoms with van der Waals surface area (Å²) in [5.74, 6) is 1.45. The molecule has 23 heavy (non-hydrogen) atoms. The van der Waals surface area contributed by atoms with Gasteiger partial charge in [0.1, 0.15) is 11.5 Å². The molecule has 0 aliphatic rings. The van der Waals surface area contributed by atoms with E-state index in [1.807, 2.05) is 66.2 Å². The minimum atomic E-state index is 0.00829. The second-order valence-corrected chi connectivity index (χ2v) is 6.71. The molecule has 0 aromatic carbocycles. The minimum absolute atomic E-state index is 0.00829. The Morgan fingerprint density at radius 3 is 2.65 bits per heavy atom. The van der Waals surface area contributed by atoms with E-state index in [-0.39, 0.29) is 5.91 Å². The van der Waals surface area contributed by atoms with E-state index in [9.17, 15) is 4.79 Å². The van der Waals surface area contributed by atoms with Gasteiger partial charge in [-0.25, -0.2) is 0 Å². The van der Waals surface area contributed by atoms with E-state index in [1.54, 1.807) is 11.3 Å². The highest BCUT2D eigenvalue weighted by Gasteiger charge is 2.22. The highest BCUT2D eigenvalue weighted by Crippen LogP contribution is 2.21. The van der Waals surface area contributed by atoms with Crippen molar-refractivity contribution in [3.63, 3.8) is 0 Å². The quantitative estimate of drug-likeness (QED) is 0.706. The van der Waals surface area contributed by atoms with Gasteiger partial charge >= 0.3 is 0 Å². The Balaban J connectivity index is 1.89. The molecule has 0 saturated heterocycles. The van der Waals surface area contributed by atoms with Gasteiger partial charge in [-0.3, -0.25) is 4.79 Å². The van der Waals surface area contributed by atoms with Gasteiger partial charge in [0.2, 0.25) is 0 Å². The zero-order valence-corrected chi connectivity index (χ0v) is 14.4. The van der Waals surface area contributed by atoms with E-state index in [1.165, 1.54) is 4.88 Å². The Kier molecular flexibility index (Phi) is 4.39. The predicted molar refractivity (Wildman–Crippen MR) is 91.5 cm³/mol. The number of carbonyl (C=O) groups excluding carboxylic acids is 1. The summed E-state index contributed by atoms with van der Waals surface area (Å²) in [7, 11) is 2.00. The molecule has 0 saturated carbocycles. The molecule has 1 amide bonds. The van der Waals surface area contributed by atoms with Crippen molar-refractivity contribution >= 4 is 17.2 Å². The molecule has 4 nitrogen and oxygen atoms in total. The van der Waals surface area contributed by atoms with Crippen molar-refractivity contribution in [2.75, 3.05) is 0 Å². The number of hydrogen-bond donors (Lipinski definition) is 0. The van der Waals surface area contributed by atoms with Crippen LogP contribution in [0.3, 0.4) is 0 Å². The average Bonchev–Trinajstić information content (AvgIpc) is 3.22. The van der Waals surface area contributed by atoms with Gasteiger partial charge in [-0.05, 0) is 43.5 Å². The van der Waals surface area contributed by atoms with Crippen LogP contribution in [0, 0.1) is 13.8 Å². The van der Waals surface area contributed by atoms with Crippen molar-refractivity contribution in [2.45, 2.75) is 26.9 Å². The number of aryl methyl sites for hydroxylation is 3. The number of thiophene rings is 1. The molecular weight excluding hydrogens is 308 g/mol. The molecule has 3 heterocycles. The highest BCUT2D eigenvalue weighted by molar-refractivity contribution is 7.09. The van der Waals surface area contributed by atoms with Crippen LogP contribution in [0.4, 0.5) is 0 Å². The monoisotopic (exact) mass is 328 g/mol. The fourth-order valence-corrected chi connectivity index (χ4v) is 3.38. The zero-order valence-electron chi connectivity index (χ0n) is 13.6. The number of amides is 1. The maximum Gasteiger partial charge on any atom is 0.258 e. The van der Waals surface area contributed by atoms with Gasteiger partial charge in [-0.2, -0.15) is 0 Å². The maximum absolute atomic E-state index is 13.0. The van der Waals surface area contributed by atoms with Crippen molar-refractivity contribution < 1.29 is 9.21 Å². The van der Waals surface area contributed by atoms with Crippen LogP contribution in [0.5, 0.6) is 0 Å². The van der Waals surface area contributed by atoms with Crippen LogP contribution in [0.2, 0.25) is 0 Å². The predicted octanol–water partition coefficient (Wildman–Crippen LogP) is 4.14. The summed E-state index contributed by atoms with van der Waals surface area (Å²) in [5, 5.41) is 2.04. The van der Waals surface area contributed by atoms with Crippen LogP contribution in [0.1, 0.15) is 32.4 Å². The third kappa shape index (κ3) is 3.40. The first-order valence-corrected chi connectivity index (χ1v) is 8.41. The second-order valence-electron chi connectivity index (χ2n) is 5.68. The Hall–Kier alpha value is -2.27. The number of aromatic nitrogens is 1. The molecule has 0 radical (unpaired) electrons. The summed E-state index contributed by atoms with van der Waals surface area (Å²) >= 11 is 1.67. The number of furan rings is 1. The van der Waals surface area contributed by atoms with Crippen LogP contribution in [-0.4, -0.2) is 15.4 Å². The molecule has 3 aromatic rings. The molecule has 0 N–H and O–H groups in total. The van der Waals surface area contributed by atoms with Gasteiger partial charge in [0, 0.05) is 23.8 Å². The standard InChI is InChI=1S/C18H20N2O2S/c1-13-10-17(14(2)22-13)18(21)20(12-16-7-5-9-23-16)11-15-6-4-8-19(15)3/h4-10H,11-12H2,1-3H3. The van der Waals surface area contributed by atoms with Crippen molar-refractivity contribution in [1.29, 1.82) is 0 Å². The number of hydrogen-bond acceptors (Lipinski definition) is 3. The molecule has 0 spiro atoms. The Bertz CT molecular complexity index is 799. The summed E-state index contributed by atoms with van der Waals surface area (Å²) in [5.41, 5.74) is 1.75. The van der Waals surface area contributed by atoms with Crippen molar-refractivity contribution in [1.82, 2.24) is 9.47 Å². The molecule has 0 aliphatic carbocycles. The molecule has 0 fully saturated rings. The van der Waals surface area contributed by atoms with Gasteiger partial charge in [0.05, 0.1) is 18.7 Å². The fraction of sp³-hybridized carbons (Fsp3) is 0.278. The van der Waals surface area contributed by atoms with Gasteiger partial charge in [0.25, 0.3) is 5.91 Å². The molecule has 5 heteroatoms. The lowest BCUT2D eigenvalue weighted by Gasteiger charge is -2.22. The number of rotatable bonds is 5. The maximum atomic E-state index is 13.0. The Morgan fingerprint density at radius 1 is 1.26 bits per heavy atom.